The van der Waals surface area contributed by atoms with E-state index in [2.05, 4.69) is 9.97 Å². The molecular formula is C15H11BF3KN2O. The number of hydrogen-bond acceptors (Lipinski definition) is 3. The van der Waals surface area contributed by atoms with Crippen molar-refractivity contribution in [3.63, 3.8) is 0 Å². The van der Waals surface area contributed by atoms with Gasteiger partial charge in [-0.3, -0.25) is 9.97 Å². The monoisotopic (exact) mass is 342 g/mol. The Morgan fingerprint density at radius 1 is 1.04 bits per heavy atom. The summed E-state index contributed by atoms with van der Waals surface area (Å²) in [6, 6.07) is 10.3. The Bertz CT molecular complexity index is 809. The predicted octanol–water partition coefficient (Wildman–Crippen LogP) is 0.267. The molecule has 2 heterocycles. The normalized spacial score (nSPS) is 11.1. The van der Waals surface area contributed by atoms with Gasteiger partial charge in [-0.25, -0.2) is 0 Å². The van der Waals surface area contributed by atoms with E-state index in [-0.39, 0.29) is 63.7 Å². The Labute approximate surface area is 173 Å². The Morgan fingerprint density at radius 2 is 1.83 bits per heavy atom. The number of ether oxygens (including phenoxy) is 1. The maximum absolute atomic E-state index is 12.7. The van der Waals surface area contributed by atoms with Crippen LogP contribution in [0, 0.1) is 0 Å². The van der Waals surface area contributed by atoms with E-state index in [0.717, 1.165) is 28.7 Å². The molecule has 23 heavy (non-hydrogen) atoms. The van der Waals surface area contributed by atoms with Crippen molar-refractivity contribution >= 4 is 23.3 Å². The van der Waals surface area contributed by atoms with Crippen LogP contribution in [0.5, 0.6) is 5.75 Å². The van der Waals surface area contributed by atoms with Gasteiger partial charge in [0.2, 0.25) is 0 Å². The molecule has 0 spiro atoms. The first kappa shape index (κ1) is 18.4. The quantitative estimate of drug-likeness (QED) is 0.639. The molecule has 0 aliphatic rings. The van der Waals surface area contributed by atoms with Crippen molar-refractivity contribution in [3.8, 4) is 5.75 Å². The first-order chi connectivity index (χ1) is 10.5. The number of aromatic nitrogens is 2. The van der Waals surface area contributed by atoms with Crippen LogP contribution in [0.2, 0.25) is 0 Å². The van der Waals surface area contributed by atoms with Crippen LogP contribution < -0.4 is 61.6 Å². The first-order valence-corrected chi connectivity index (χ1v) is 6.64. The number of fused-ring (bicyclic) bond motifs is 1. The van der Waals surface area contributed by atoms with Crippen LogP contribution in [-0.2, 0) is 6.61 Å². The third kappa shape index (κ3) is 4.54. The molecule has 3 nitrogen and oxygen atoms in total. The SMILES string of the molecule is F[B-](F)(F)c1cncc(OCc2ccnc3ccccc23)c1.[K+]. The van der Waals surface area contributed by atoms with Gasteiger partial charge in [-0.2, -0.15) is 0 Å². The van der Waals surface area contributed by atoms with Crippen LogP contribution >= 0.6 is 0 Å². The second-order valence-electron chi connectivity index (χ2n) is 4.80. The van der Waals surface area contributed by atoms with Crippen molar-refractivity contribution in [2.75, 3.05) is 0 Å². The van der Waals surface area contributed by atoms with Crippen molar-refractivity contribution in [2.45, 2.75) is 6.61 Å². The van der Waals surface area contributed by atoms with Gasteiger partial charge in [-0.1, -0.05) is 23.7 Å². The summed E-state index contributed by atoms with van der Waals surface area (Å²) in [6.07, 6.45) is 3.72. The number of para-hydroxylation sites is 1. The molecule has 0 fully saturated rings. The molecule has 0 saturated carbocycles. The maximum Gasteiger partial charge on any atom is 1.00 e. The topological polar surface area (TPSA) is 35.0 Å². The number of pyridine rings is 2. The molecule has 1 aromatic carbocycles. The van der Waals surface area contributed by atoms with Gasteiger partial charge in [-0.15, -0.1) is 0 Å². The van der Waals surface area contributed by atoms with Crippen molar-refractivity contribution in [2.24, 2.45) is 0 Å². The molecule has 3 rings (SSSR count). The first-order valence-electron chi connectivity index (χ1n) is 6.64. The average Bonchev–Trinajstić information content (AvgIpc) is 2.52. The molecule has 0 unspecified atom stereocenters. The van der Waals surface area contributed by atoms with Gasteiger partial charge >= 0.3 is 58.4 Å². The number of benzene rings is 1. The minimum absolute atomic E-state index is 0. The average molecular weight is 342 g/mol. The van der Waals surface area contributed by atoms with Crippen LogP contribution in [0.1, 0.15) is 5.56 Å². The summed E-state index contributed by atoms with van der Waals surface area (Å²) in [6.45, 7) is -4.93. The molecule has 2 aromatic heterocycles. The zero-order chi connectivity index (χ0) is 15.6. The predicted molar refractivity (Wildman–Crippen MR) is 79.0 cm³/mol. The van der Waals surface area contributed by atoms with E-state index in [4.69, 9.17) is 4.74 Å². The minimum Gasteiger partial charge on any atom is -0.487 e. The molecule has 3 aromatic rings. The molecule has 0 bridgehead atoms. The molecule has 0 amide bonds. The van der Waals surface area contributed by atoms with Gasteiger partial charge in [0.25, 0.3) is 0 Å². The van der Waals surface area contributed by atoms with Gasteiger partial charge in [0.15, 0.2) is 0 Å². The summed E-state index contributed by atoms with van der Waals surface area (Å²) in [5, 5.41) is 0.911. The second-order valence-corrected chi connectivity index (χ2v) is 4.80. The Hall–Kier alpha value is -0.929. The largest absolute Gasteiger partial charge is 1.00 e. The molecule has 112 valence electrons. The summed E-state index contributed by atoms with van der Waals surface area (Å²) < 4.78 is 43.5. The van der Waals surface area contributed by atoms with Crippen molar-refractivity contribution in [3.05, 3.63) is 60.6 Å². The van der Waals surface area contributed by atoms with Crippen LogP contribution in [0.4, 0.5) is 12.9 Å². The molecular weight excluding hydrogens is 331 g/mol. The zero-order valence-corrected chi connectivity index (χ0v) is 15.5. The Balaban J connectivity index is 0.00000192. The third-order valence-electron chi connectivity index (χ3n) is 3.25. The van der Waals surface area contributed by atoms with Gasteiger partial charge < -0.3 is 17.7 Å². The molecule has 0 saturated heterocycles. The van der Waals surface area contributed by atoms with E-state index in [0.29, 0.717) is 0 Å². The van der Waals surface area contributed by atoms with Gasteiger partial charge in [0.05, 0.1) is 11.7 Å². The Kier molecular flexibility index (Phi) is 6.21. The molecule has 0 radical (unpaired) electrons. The van der Waals surface area contributed by atoms with Crippen molar-refractivity contribution in [1.82, 2.24) is 9.97 Å². The summed E-state index contributed by atoms with van der Waals surface area (Å²) in [4.78, 5) is 7.81. The number of halogens is 3. The second kappa shape index (κ2) is 7.76. The fraction of sp³-hybridized carbons (Fsp3) is 0.0667. The summed E-state index contributed by atoms with van der Waals surface area (Å²) >= 11 is 0. The number of nitrogens with zero attached hydrogens (tertiary/aromatic N) is 2. The van der Waals surface area contributed by atoms with Crippen LogP contribution in [0.15, 0.2) is 55.0 Å². The van der Waals surface area contributed by atoms with Crippen LogP contribution in [0.3, 0.4) is 0 Å². The minimum atomic E-state index is -5.08. The van der Waals surface area contributed by atoms with Gasteiger partial charge in [0.1, 0.15) is 12.4 Å². The van der Waals surface area contributed by atoms with Crippen molar-refractivity contribution in [1.29, 1.82) is 0 Å². The van der Waals surface area contributed by atoms with Gasteiger partial charge in [-0.05, 0) is 18.2 Å². The van der Waals surface area contributed by atoms with E-state index in [1.807, 2.05) is 24.3 Å². The molecule has 8 heteroatoms. The van der Waals surface area contributed by atoms with E-state index in [1.54, 1.807) is 12.3 Å². The third-order valence-corrected chi connectivity index (χ3v) is 3.25. The molecule has 0 atom stereocenters. The Morgan fingerprint density at radius 3 is 2.61 bits per heavy atom. The summed E-state index contributed by atoms with van der Waals surface area (Å²) in [7, 11) is 0. The van der Waals surface area contributed by atoms with E-state index in [9.17, 15) is 12.9 Å². The summed E-state index contributed by atoms with van der Waals surface area (Å²) in [5.74, 6) is 0.0950. The summed E-state index contributed by atoms with van der Waals surface area (Å²) in [5.41, 5.74) is 0.903. The number of rotatable bonds is 4. The van der Waals surface area contributed by atoms with E-state index < -0.39 is 12.4 Å². The molecule has 0 aliphatic heterocycles. The van der Waals surface area contributed by atoms with E-state index >= 15 is 0 Å². The van der Waals surface area contributed by atoms with Gasteiger partial charge in [0, 0.05) is 23.3 Å². The zero-order valence-electron chi connectivity index (χ0n) is 12.4. The molecule has 0 aliphatic carbocycles. The fourth-order valence-corrected chi connectivity index (χ4v) is 2.14. The standard InChI is InChI=1S/C15H11BF3N2O.K/c17-16(18,19)12-7-13(9-20-8-12)22-10-11-5-6-21-15-4-2-1-3-14(11)15;/h1-9H,10H2;/q-1;+1. The van der Waals surface area contributed by atoms with E-state index in [1.165, 1.54) is 6.20 Å². The maximum atomic E-state index is 12.7. The molecule has 0 N–H and O–H groups in total. The van der Waals surface area contributed by atoms with Crippen LogP contribution in [-0.4, -0.2) is 16.9 Å². The number of hydrogen-bond donors (Lipinski definition) is 0. The smallest absolute Gasteiger partial charge is 0.487 e. The van der Waals surface area contributed by atoms with Crippen molar-refractivity contribution < 1.29 is 69.1 Å². The van der Waals surface area contributed by atoms with Crippen LogP contribution in [0.25, 0.3) is 10.9 Å². The fourth-order valence-electron chi connectivity index (χ4n) is 2.14.